The Kier molecular flexibility index (Phi) is 10.3. The predicted molar refractivity (Wildman–Crippen MR) is 164 cm³/mol. The molecule has 0 saturated heterocycles. The summed E-state index contributed by atoms with van der Waals surface area (Å²) in [5.41, 5.74) is 5.93. The minimum atomic E-state index is -0.245. The van der Waals surface area contributed by atoms with E-state index in [4.69, 9.17) is 6.42 Å². The van der Waals surface area contributed by atoms with E-state index in [2.05, 4.69) is 120 Å². The Morgan fingerprint density at radius 1 is 0.816 bits per heavy atom. The van der Waals surface area contributed by atoms with E-state index in [1.54, 1.807) is 24.3 Å². The van der Waals surface area contributed by atoms with Crippen LogP contribution in [0, 0.1) is 22.8 Å². The zero-order chi connectivity index (χ0) is 26.2. The van der Waals surface area contributed by atoms with Crippen molar-refractivity contribution >= 4 is 40.1 Å². The van der Waals surface area contributed by atoms with Crippen LogP contribution < -0.4 is 5.32 Å². The van der Waals surface area contributed by atoms with Gasteiger partial charge < -0.3 is 5.32 Å². The number of carbonyl (C=O) groups excluding carboxylic acids is 2. The number of anilines is 1. The van der Waals surface area contributed by atoms with E-state index < -0.39 is 0 Å². The molecule has 4 nitrogen and oxygen atoms in total. The fourth-order valence-corrected chi connectivity index (χ4v) is 4.99. The average molecular weight is 615 g/mol. The van der Waals surface area contributed by atoms with Crippen molar-refractivity contribution in [3.63, 3.8) is 0 Å². The number of fused-ring (bicyclic) bond motifs is 1. The molecule has 1 N–H and O–H groups in total. The SMILES string of the molecule is C.C#CCCN1C(=O)c2ccccc2C1=O.Cc1ccc(NC(c2ccccc2)c2ccccc2)c(I)c1. The lowest BCUT2D eigenvalue weighted by atomic mass is 9.98. The van der Waals surface area contributed by atoms with Crippen LogP contribution in [-0.4, -0.2) is 23.3 Å². The third kappa shape index (κ3) is 6.70. The highest BCUT2D eigenvalue weighted by Crippen LogP contribution is 2.29. The summed E-state index contributed by atoms with van der Waals surface area (Å²) < 4.78 is 1.24. The van der Waals surface area contributed by atoms with E-state index in [0.29, 0.717) is 24.1 Å². The number of halogens is 1. The molecule has 0 unspecified atom stereocenters. The number of nitrogens with one attached hydrogen (secondary N) is 1. The first-order chi connectivity index (χ1) is 18.0. The molecule has 0 fully saturated rings. The quantitative estimate of drug-likeness (QED) is 0.137. The number of rotatable bonds is 6. The molecule has 4 aromatic carbocycles. The Hall–Kier alpha value is -3.89. The zero-order valence-electron chi connectivity index (χ0n) is 20.5. The number of nitrogens with zero attached hydrogens (tertiary/aromatic N) is 1. The molecule has 1 aliphatic rings. The minimum absolute atomic E-state index is 0. The number of aryl methyl sites for hydroxylation is 1. The molecular weight excluding hydrogens is 583 g/mol. The molecule has 1 heterocycles. The lowest BCUT2D eigenvalue weighted by Crippen LogP contribution is -2.30. The molecule has 192 valence electrons. The summed E-state index contributed by atoms with van der Waals surface area (Å²) >= 11 is 2.40. The van der Waals surface area contributed by atoms with Gasteiger partial charge in [0, 0.05) is 22.2 Å². The van der Waals surface area contributed by atoms with E-state index in [-0.39, 0.29) is 25.3 Å². The molecule has 0 saturated carbocycles. The first-order valence-electron chi connectivity index (χ1n) is 12.0. The van der Waals surface area contributed by atoms with Crippen LogP contribution in [0.4, 0.5) is 5.69 Å². The molecule has 4 aromatic rings. The van der Waals surface area contributed by atoms with Gasteiger partial charge in [-0.2, -0.15) is 0 Å². The number of hydrogen-bond donors (Lipinski definition) is 1. The van der Waals surface area contributed by atoms with Crippen molar-refractivity contribution < 1.29 is 9.59 Å². The fraction of sp³-hybridized carbons (Fsp3) is 0.152. The molecule has 5 rings (SSSR count). The fourth-order valence-electron chi connectivity index (χ4n) is 4.16. The van der Waals surface area contributed by atoms with Crippen molar-refractivity contribution in [1.82, 2.24) is 4.90 Å². The lowest BCUT2D eigenvalue weighted by molar-refractivity contribution is 0.0658. The second-order valence-electron chi connectivity index (χ2n) is 8.64. The molecular formula is C33H31IN2O2. The van der Waals surface area contributed by atoms with Gasteiger partial charge >= 0.3 is 0 Å². The van der Waals surface area contributed by atoms with Crippen molar-refractivity contribution in [2.45, 2.75) is 26.8 Å². The second kappa shape index (κ2) is 13.6. The average Bonchev–Trinajstić information content (AvgIpc) is 3.17. The molecule has 2 amide bonds. The van der Waals surface area contributed by atoms with Gasteiger partial charge in [-0.3, -0.25) is 14.5 Å². The predicted octanol–water partition coefficient (Wildman–Crippen LogP) is 7.74. The smallest absolute Gasteiger partial charge is 0.261 e. The monoisotopic (exact) mass is 614 g/mol. The van der Waals surface area contributed by atoms with E-state index >= 15 is 0 Å². The highest BCUT2D eigenvalue weighted by Gasteiger charge is 2.34. The summed E-state index contributed by atoms with van der Waals surface area (Å²) in [5.74, 6) is 1.93. The van der Waals surface area contributed by atoms with Crippen LogP contribution >= 0.6 is 22.6 Å². The molecule has 0 atom stereocenters. The summed E-state index contributed by atoms with van der Waals surface area (Å²) in [4.78, 5) is 24.7. The zero-order valence-corrected chi connectivity index (χ0v) is 22.7. The van der Waals surface area contributed by atoms with Gasteiger partial charge in [0.05, 0.1) is 17.2 Å². The van der Waals surface area contributed by atoms with Crippen molar-refractivity contribution in [1.29, 1.82) is 0 Å². The summed E-state index contributed by atoms with van der Waals surface area (Å²) in [6.07, 6.45) is 5.50. The van der Waals surface area contributed by atoms with Gasteiger partial charge in [-0.15, -0.1) is 12.3 Å². The van der Waals surface area contributed by atoms with E-state index in [1.807, 2.05) is 0 Å². The first kappa shape index (κ1) is 28.7. The Balaban J connectivity index is 0.000000220. The van der Waals surface area contributed by atoms with Gasteiger partial charge in [0.15, 0.2) is 0 Å². The van der Waals surface area contributed by atoms with Gasteiger partial charge in [0.25, 0.3) is 11.8 Å². The minimum Gasteiger partial charge on any atom is -0.373 e. The van der Waals surface area contributed by atoms with Crippen molar-refractivity contribution in [2.24, 2.45) is 0 Å². The van der Waals surface area contributed by atoms with Crippen LogP contribution in [0.2, 0.25) is 0 Å². The molecule has 38 heavy (non-hydrogen) atoms. The Morgan fingerprint density at radius 2 is 1.32 bits per heavy atom. The highest BCUT2D eigenvalue weighted by molar-refractivity contribution is 14.1. The third-order valence-electron chi connectivity index (χ3n) is 6.05. The molecule has 0 radical (unpaired) electrons. The van der Waals surface area contributed by atoms with Crippen LogP contribution in [0.3, 0.4) is 0 Å². The summed E-state index contributed by atoms with van der Waals surface area (Å²) in [5, 5.41) is 3.70. The van der Waals surface area contributed by atoms with Crippen LogP contribution in [0.15, 0.2) is 103 Å². The normalized spacial score (nSPS) is 11.7. The van der Waals surface area contributed by atoms with Crippen LogP contribution in [-0.2, 0) is 0 Å². The van der Waals surface area contributed by atoms with Crippen molar-refractivity contribution in [3.8, 4) is 12.3 Å². The standard InChI is InChI=1S/C20H18IN.C12H9NO2.CH4/c1-15-12-13-19(18(21)14-15)22-20(16-8-4-2-5-9-16)17-10-6-3-7-11-17;1-2-3-8-13-11(14)9-6-4-5-7-10(9)12(13)15;/h2-14,20,22H,1H3;1,4-7H,3,8H2;1H4. The van der Waals surface area contributed by atoms with Gasteiger partial charge in [0.2, 0.25) is 0 Å². The summed E-state index contributed by atoms with van der Waals surface area (Å²) in [6, 6.07) is 34.6. The topological polar surface area (TPSA) is 49.4 Å². The number of amides is 2. The van der Waals surface area contributed by atoms with E-state index in [9.17, 15) is 9.59 Å². The van der Waals surface area contributed by atoms with Crippen LogP contribution in [0.5, 0.6) is 0 Å². The highest BCUT2D eigenvalue weighted by atomic mass is 127. The third-order valence-corrected chi connectivity index (χ3v) is 6.94. The molecule has 0 spiro atoms. The number of benzene rings is 4. The Labute approximate surface area is 239 Å². The second-order valence-corrected chi connectivity index (χ2v) is 9.81. The maximum Gasteiger partial charge on any atom is 0.261 e. The van der Waals surface area contributed by atoms with Crippen molar-refractivity contribution in [3.05, 3.63) is 135 Å². The number of hydrogen-bond acceptors (Lipinski definition) is 3. The van der Waals surface area contributed by atoms with E-state index in [1.165, 1.54) is 30.8 Å². The van der Waals surface area contributed by atoms with Gasteiger partial charge in [-0.25, -0.2) is 0 Å². The molecule has 0 aliphatic carbocycles. The number of carbonyl (C=O) groups is 2. The molecule has 0 bridgehead atoms. The van der Waals surface area contributed by atoms with Gasteiger partial charge in [-0.05, 0) is 70.5 Å². The Morgan fingerprint density at radius 3 is 1.79 bits per heavy atom. The first-order valence-corrected chi connectivity index (χ1v) is 13.1. The number of imide groups is 1. The van der Waals surface area contributed by atoms with Crippen molar-refractivity contribution in [2.75, 3.05) is 11.9 Å². The lowest BCUT2D eigenvalue weighted by Gasteiger charge is -2.22. The number of terminal acetylenes is 1. The maximum absolute atomic E-state index is 11.7. The Bertz CT molecular complexity index is 1350. The summed E-state index contributed by atoms with van der Waals surface area (Å²) in [7, 11) is 0. The van der Waals surface area contributed by atoms with Crippen LogP contribution in [0.25, 0.3) is 0 Å². The largest absolute Gasteiger partial charge is 0.373 e. The van der Waals surface area contributed by atoms with Gasteiger partial charge in [0.1, 0.15) is 0 Å². The maximum atomic E-state index is 11.7. The van der Waals surface area contributed by atoms with E-state index in [0.717, 1.165) is 0 Å². The molecule has 5 heteroatoms. The molecule has 1 aliphatic heterocycles. The van der Waals surface area contributed by atoms with Crippen LogP contribution in [0.1, 0.15) is 57.3 Å². The summed E-state index contributed by atoms with van der Waals surface area (Å²) in [6.45, 7) is 2.42. The molecule has 0 aromatic heterocycles. The van der Waals surface area contributed by atoms with Gasteiger partial charge in [-0.1, -0.05) is 86.3 Å².